The lowest BCUT2D eigenvalue weighted by molar-refractivity contribution is -0.0498. The lowest BCUT2D eigenvalue weighted by Gasteiger charge is -2.36. The van der Waals surface area contributed by atoms with E-state index in [4.69, 9.17) is 10.5 Å². The molecule has 35 heavy (non-hydrogen) atoms. The third-order valence-electron chi connectivity index (χ3n) is 7.06. The molecule has 12 heteroatoms. The summed E-state index contributed by atoms with van der Waals surface area (Å²) in [5.41, 5.74) is 6.93. The molecule has 0 amide bonds. The third kappa shape index (κ3) is 3.81. The van der Waals surface area contributed by atoms with Crippen LogP contribution < -0.4 is 15.4 Å². The summed E-state index contributed by atoms with van der Waals surface area (Å²) in [6.07, 6.45) is 5.24. The molecule has 0 spiro atoms. The van der Waals surface area contributed by atoms with Crippen LogP contribution in [-0.2, 0) is 6.54 Å². The summed E-state index contributed by atoms with van der Waals surface area (Å²) < 4.78 is 37.4. The maximum atomic E-state index is 14.9. The van der Waals surface area contributed by atoms with Crippen LogP contribution in [0.15, 0.2) is 24.5 Å². The van der Waals surface area contributed by atoms with E-state index in [9.17, 15) is 13.9 Å². The molecule has 0 bridgehead atoms. The van der Waals surface area contributed by atoms with Crippen molar-refractivity contribution in [2.24, 2.45) is 0 Å². The summed E-state index contributed by atoms with van der Waals surface area (Å²) in [4.78, 5) is 10.9. The first kappa shape index (κ1) is 22.0. The average molecular weight is 485 g/mol. The Morgan fingerprint density at radius 3 is 2.83 bits per heavy atom. The van der Waals surface area contributed by atoms with Gasteiger partial charge in [0, 0.05) is 31.3 Å². The zero-order valence-corrected chi connectivity index (χ0v) is 19.2. The largest absolute Gasteiger partial charge is 0.494 e. The van der Waals surface area contributed by atoms with Crippen LogP contribution in [0.2, 0.25) is 0 Å². The molecule has 0 unspecified atom stereocenters. The first-order chi connectivity index (χ1) is 16.8. The first-order valence-corrected chi connectivity index (χ1v) is 11.7. The maximum Gasteiger partial charge on any atom is 0.223 e. The molecule has 2 atom stereocenters. The quantitative estimate of drug-likeness (QED) is 0.443. The van der Waals surface area contributed by atoms with Crippen LogP contribution >= 0.6 is 0 Å². The molecule has 4 heterocycles. The normalized spacial score (nSPS) is 22.0. The molecule has 1 saturated heterocycles. The Morgan fingerprint density at radius 2 is 2.09 bits per heavy atom. The number of hydrogen-bond acceptors (Lipinski definition) is 8. The van der Waals surface area contributed by atoms with Crippen molar-refractivity contribution in [3.63, 3.8) is 0 Å². The minimum atomic E-state index is -1.09. The standard InChI is InChI=1S/C23H26F2N8O2/c1-35-18-7-14(24)6-17-19(18)28-22(26)33-21(17)29-20(30-33)13-5-15(25)10-31(9-13)16-8-27-32(11-16)12-23(34)3-2-4-23/h6-8,11,13,15,34H,2-5,9-10,12H2,1H3,(H2,26,28)/t13-,15+/m0/s1. The van der Waals surface area contributed by atoms with Crippen LogP contribution in [0.3, 0.4) is 0 Å². The number of rotatable bonds is 5. The highest BCUT2D eigenvalue weighted by Crippen LogP contribution is 2.35. The molecule has 10 nitrogen and oxygen atoms in total. The summed E-state index contributed by atoms with van der Waals surface area (Å²) in [5, 5.41) is 19.7. The second kappa shape index (κ2) is 8.01. The molecule has 2 aliphatic rings. The van der Waals surface area contributed by atoms with Gasteiger partial charge in [-0.3, -0.25) is 4.68 Å². The molecule has 1 aliphatic heterocycles. The maximum absolute atomic E-state index is 14.9. The van der Waals surface area contributed by atoms with Gasteiger partial charge in [0.25, 0.3) is 0 Å². The van der Waals surface area contributed by atoms with Crippen LogP contribution in [-0.4, -0.2) is 66.4 Å². The molecule has 1 saturated carbocycles. The molecule has 3 N–H and O–H groups in total. The van der Waals surface area contributed by atoms with Gasteiger partial charge in [0.2, 0.25) is 5.95 Å². The number of aromatic nitrogens is 6. The van der Waals surface area contributed by atoms with E-state index in [1.54, 1.807) is 10.9 Å². The fourth-order valence-electron chi connectivity index (χ4n) is 5.09. The number of nitrogens with two attached hydrogens (primary N) is 1. The van der Waals surface area contributed by atoms with E-state index in [0.717, 1.165) is 24.9 Å². The van der Waals surface area contributed by atoms with E-state index < -0.39 is 17.6 Å². The highest BCUT2D eigenvalue weighted by molar-refractivity contribution is 5.95. The summed E-state index contributed by atoms with van der Waals surface area (Å²) >= 11 is 0. The minimum absolute atomic E-state index is 0.0795. The van der Waals surface area contributed by atoms with Crippen LogP contribution in [0.25, 0.3) is 16.6 Å². The Hall–Kier alpha value is -3.54. The minimum Gasteiger partial charge on any atom is -0.494 e. The third-order valence-corrected chi connectivity index (χ3v) is 7.06. The molecule has 184 valence electrons. The summed E-state index contributed by atoms with van der Waals surface area (Å²) in [5.74, 6) is -0.0742. The van der Waals surface area contributed by atoms with Crippen molar-refractivity contribution in [1.82, 2.24) is 29.4 Å². The van der Waals surface area contributed by atoms with Gasteiger partial charge in [0.05, 0.1) is 36.5 Å². The van der Waals surface area contributed by atoms with Crippen molar-refractivity contribution in [2.75, 3.05) is 30.8 Å². The Bertz CT molecular complexity index is 1420. The van der Waals surface area contributed by atoms with Crippen molar-refractivity contribution in [1.29, 1.82) is 0 Å². The van der Waals surface area contributed by atoms with Gasteiger partial charge < -0.3 is 20.5 Å². The number of benzene rings is 1. The predicted molar refractivity (Wildman–Crippen MR) is 125 cm³/mol. The summed E-state index contributed by atoms with van der Waals surface area (Å²) in [6, 6.07) is 2.55. The van der Waals surface area contributed by atoms with Crippen molar-refractivity contribution in [3.8, 4) is 5.75 Å². The number of methoxy groups -OCH3 is 1. The predicted octanol–water partition coefficient (Wildman–Crippen LogP) is 2.45. The number of hydrogen-bond donors (Lipinski definition) is 2. The first-order valence-electron chi connectivity index (χ1n) is 11.7. The second-order valence-corrected chi connectivity index (χ2v) is 9.59. The highest BCUT2D eigenvalue weighted by Gasteiger charge is 2.36. The number of anilines is 2. The second-order valence-electron chi connectivity index (χ2n) is 9.59. The zero-order chi connectivity index (χ0) is 24.3. The Kier molecular flexibility index (Phi) is 5.02. The molecule has 1 aliphatic carbocycles. The smallest absolute Gasteiger partial charge is 0.223 e. The van der Waals surface area contributed by atoms with Crippen molar-refractivity contribution < 1.29 is 18.6 Å². The number of alkyl halides is 1. The van der Waals surface area contributed by atoms with Crippen LogP contribution in [0, 0.1) is 5.82 Å². The van der Waals surface area contributed by atoms with Gasteiger partial charge in [0.15, 0.2) is 11.5 Å². The lowest BCUT2D eigenvalue weighted by atomic mass is 9.80. The number of nitrogen functional groups attached to an aromatic ring is 1. The fraction of sp³-hybridized carbons (Fsp3) is 0.478. The van der Waals surface area contributed by atoms with E-state index in [0.29, 0.717) is 35.5 Å². The van der Waals surface area contributed by atoms with Crippen LogP contribution in [0.5, 0.6) is 5.75 Å². The molecule has 4 aromatic rings. The van der Waals surface area contributed by atoms with Gasteiger partial charge in [-0.25, -0.2) is 18.7 Å². The van der Waals surface area contributed by atoms with E-state index >= 15 is 0 Å². The van der Waals surface area contributed by atoms with E-state index in [1.807, 2.05) is 11.1 Å². The van der Waals surface area contributed by atoms with E-state index in [2.05, 4.69) is 20.2 Å². The molecule has 0 radical (unpaired) electrons. The highest BCUT2D eigenvalue weighted by atomic mass is 19.1. The Labute approximate surface area is 199 Å². The number of halogens is 2. The van der Waals surface area contributed by atoms with Gasteiger partial charge >= 0.3 is 0 Å². The molecule has 2 fully saturated rings. The molecule has 1 aromatic carbocycles. The Balaban J connectivity index is 1.32. The van der Waals surface area contributed by atoms with Crippen LogP contribution in [0.4, 0.5) is 20.4 Å². The van der Waals surface area contributed by atoms with E-state index in [1.165, 1.54) is 23.8 Å². The van der Waals surface area contributed by atoms with Gasteiger partial charge in [-0.15, -0.1) is 5.10 Å². The van der Waals surface area contributed by atoms with Gasteiger partial charge in [0.1, 0.15) is 23.3 Å². The molecular formula is C23H26F2N8O2. The molecular weight excluding hydrogens is 458 g/mol. The number of aliphatic hydroxyl groups is 1. The average Bonchev–Trinajstić information content (AvgIpc) is 3.46. The fourth-order valence-corrected chi connectivity index (χ4v) is 5.09. The summed E-state index contributed by atoms with van der Waals surface area (Å²) in [6.45, 7) is 1.14. The van der Waals surface area contributed by atoms with Gasteiger partial charge in [-0.05, 0) is 31.7 Å². The number of nitrogens with zero attached hydrogens (tertiary/aromatic N) is 7. The number of fused-ring (bicyclic) bond motifs is 3. The number of piperidine rings is 1. The Morgan fingerprint density at radius 1 is 1.26 bits per heavy atom. The molecule has 3 aromatic heterocycles. The topological polar surface area (TPSA) is 120 Å². The monoisotopic (exact) mass is 484 g/mol. The van der Waals surface area contributed by atoms with Gasteiger partial charge in [-0.1, -0.05) is 0 Å². The van der Waals surface area contributed by atoms with Crippen molar-refractivity contribution in [3.05, 3.63) is 36.2 Å². The number of ether oxygens (including phenoxy) is 1. The molecule has 6 rings (SSSR count). The van der Waals surface area contributed by atoms with E-state index in [-0.39, 0.29) is 30.6 Å². The lowest BCUT2D eigenvalue weighted by Crippen LogP contribution is -2.41. The van der Waals surface area contributed by atoms with Crippen molar-refractivity contribution in [2.45, 2.75) is 49.9 Å². The van der Waals surface area contributed by atoms with Crippen molar-refractivity contribution >= 4 is 28.2 Å². The van der Waals surface area contributed by atoms with Gasteiger partial charge in [-0.2, -0.15) is 9.61 Å². The SMILES string of the molecule is COc1cc(F)cc2c1nc(N)n1nc([C@H]3C[C@@H](F)CN(c4cnn(CC5(O)CCC5)c4)C3)nc21. The summed E-state index contributed by atoms with van der Waals surface area (Å²) in [7, 11) is 1.43. The zero-order valence-electron chi connectivity index (χ0n) is 19.2. The van der Waals surface area contributed by atoms with Crippen LogP contribution in [0.1, 0.15) is 37.4 Å².